The second-order valence-corrected chi connectivity index (χ2v) is 7.21. The standard InChI is InChI=1S/C24H24N2O3/c27-22(25-17-20-10-6-16-29-20)12-13-23(28)26-15-14-18-7-4-5-11-21(18)24(26)19-8-2-1-3-9-19/h1-11,16,24H,12-15,17H2,(H,25,27). The topological polar surface area (TPSA) is 62.6 Å². The van der Waals surface area contributed by atoms with E-state index in [1.807, 2.05) is 35.2 Å². The highest BCUT2D eigenvalue weighted by Crippen LogP contribution is 2.35. The van der Waals surface area contributed by atoms with Gasteiger partial charge in [0.1, 0.15) is 5.76 Å². The lowest BCUT2D eigenvalue weighted by Gasteiger charge is -2.38. The Kier molecular flexibility index (Phi) is 5.75. The lowest BCUT2D eigenvalue weighted by atomic mass is 9.88. The zero-order valence-corrected chi connectivity index (χ0v) is 16.2. The maximum atomic E-state index is 13.1. The predicted molar refractivity (Wildman–Crippen MR) is 110 cm³/mol. The second-order valence-electron chi connectivity index (χ2n) is 7.21. The average Bonchev–Trinajstić information content (AvgIpc) is 3.29. The molecule has 0 saturated carbocycles. The van der Waals surface area contributed by atoms with E-state index in [9.17, 15) is 9.59 Å². The van der Waals surface area contributed by atoms with E-state index in [4.69, 9.17) is 4.42 Å². The number of hydrogen-bond donors (Lipinski definition) is 1. The second kappa shape index (κ2) is 8.78. The number of nitrogens with zero attached hydrogens (tertiary/aromatic N) is 1. The van der Waals surface area contributed by atoms with Crippen LogP contribution in [0.2, 0.25) is 0 Å². The molecule has 1 aromatic heterocycles. The highest BCUT2D eigenvalue weighted by Gasteiger charge is 2.31. The molecule has 148 valence electrons. The van der Waals surface area contributed by atoms with Gasteiger partial charge in [-0.3, -0.25) is 9.59 Å². The smallest absolute Gasteiger partial charge is 0.223 e. The Morgan fingerprint density at radius 3 is 2.55 bits per heavy atom. The van der Waals surface area contributed by atoms with Crippen molar-refractivity contribution in [3.8, 4) is 0 Å². The van der Waals surface area contributed by atoms with Gasteiger partial charge in [-0.25, -0.2) is 0 Å². The van der Waals surface area contributed by atoms with Crippen LogP contribution in [0.5, 0.6) is 0 Å². The summed E-state index contributed by atoms with van der Waals surface area (Å²) in [6.07, 6.45) is 2.76. The van der Waals surface area contributed by atoms with Crippen LogP contribution < -0.4 is 5.32 Å². The van der Waals surface area contributed by atoms with Gasteiger partial charge < -0.3 is 14.6 Å². The van der Waals surface area contributed by atoms with E-state index in [1.165, 1.54) is 11.1 Å². The Morgan fingerprint density at radius 1 is 0.966 bits per heavy atom. The third-order valence-electron chi connectivity index (χ3n) is 5.32. The van der Waals surface area contributed by atoms with E-state index in [-0.39, 0.29) is 30.7 Å². The molecule has 2 amide bonds. The largest absolute Gasteiger partial charge is 0.467 e. The molecule has 0 radical (unpaired) electrons. The molecule has 4 rings (SSSR count). The van der Waals surface area contributed by atoms with Crippen molar-refractivity contribution in [3.63, 3.8) is 0 Å². The maximum absolute atomic E-state index is 13.1. The molecule has 1 aliphatic heterocycles. The first-order chi connectivity index (χ1) is 14.2. The van der Waals surface area contributed by atoms with Crippen molar-refractivity contribution >= 4 is 11.8 Å². The Balaban J connectivity index is 1.44. The average molecular weight is 388 g/mol. The molecule has 0 fully saturated rings. The summed E-state index contributed by atoms with van der Waals surface area (Å²) in [6.45, 7) is 0.993. The van der Waals surface area contributed by atoms with E-state index >= 15 is 0 Å². The van der Waals surface area contributed by atoms with Crippen LogP contribution in [0.3, 0.4) is 0 Å². The molecule has 1 atom stereocenters. The van der Waals surface area contributed by atoms with E-state index in [0.29, 0.717) is 18.8 Å². The third kappa shape index (κ3) is 4.40. The van der Waals surface area contributed by atoms with Gasteiger partial charge in [-0.1, -0.05) is 54.6 Å². The molecule has 3 aromatic rings. The SMILES string of the molecule is O=C(CCC(=O)N1CCc2ccccc2C1c1ccccc1)NCc1ccco1. The van der Waals surface area contributed by atoms with Gasteiger partial charge in [0.05, 0.1) is 18.8 Å². The number of rotatable bonds is 6. The zero-order valence-electron chi connectivity index (χ0n) is 16.2. The summed E-state index contributed by atoms with van der Waals surface area (Å²) in [5.41, 5.74) is 3.54. The van der Waals surface area contributed by atoms with Gasteiger partial charge in [0.2, 0.25) is 11.8 Å². The highest BCUT2D eigenvalue weighted by atomic mass is 16.3. The molecule has 2 aromatic carbocycles. The van der Waals surface area contributed by atoms with Crippen molar-refractivity contribution in [2.75, 3.05) is 6.54 Å². The van der Waals surface area contributed by atoms with E-state index in [2.05, 4.69) is 29.6 Å². The maximum Gasteiger partial charge on any atom is 0.223 e. The molecule has 0 bridgehead atoms. The summed E-state index contributed by atoms with van der Waals surface area (Å²) < 4.78 is 5.21. The van der Waals surface area contributed by atoms with Crippen LogP contribution in [-0.2, 0) is 22.6 Å². The molecule has 2 heterocycles. The van der Waals surface area contributed by atoms with Gasteiger partial charge in [-0.15, -0.1) is 0 Å². The number of carbonyl (C=O) groups is 2. The summed E-state index contributed by atoms with van der Waals surface area (Å²) in [5.74, 6) is 0.548. The van der Waals surface area contributed by atoms with Crippen LogP contribution in [0.1, 0.15) is 41.3 Å². The first-order valence-electron chi connectivity index (χ1n) is 9.93. The minimum Gasteiger partial charge on any atom is -0.467 e. The van der Waals surface area contributed by atoms with Crippen molar-refractivity contribution in [2.45, 2.75) is 31.8 Å². The molecule has 5 heteroatoms. The van der Waals surface area contributed by atoms with E-state index in [0.717, 1.165) is 12.0 Å². The van der Waals surface area contributed by atoms with E-state index in [1.54, 1.807) is 18.4 Å². The highest BCUT2D eigenvalue weighted by molar-refractivity contribution is 5.84. The Morgan fingerprint density at radius 2 is 1.76 bits per heavy atom. The number of carbonyl (C=O) groups excluding carboxylic acids is 2. The first kappa shape index (κ1) is 19.0. The van der Waals surface area contributed by atoms with Crippen molar-refractivity contribution in [1.29, 1.82) is 0 Å². The molecule has 1 unspecified atom stereocenters. The van der Waals surface area contributed by atoms with Crippen molar-refractivity contribution in [3.05, 3.63) is 95.4 Å². The molecule has 1 aliphatic rings. The van der Waals surface area contributed by atoms with E-state index < -0.39 is 0 Å². The molecular formula is C24H24N2O3. The summed E-state index contributed by atoms with van der Waals surface area (Å²) in [6, 6.07) is 21.9. The number of furan rings is 1. The first-order valence-corrected chi connectivity index (χ1v) is 9.93. The van der Waals surface area contributed by atoms with Gasteiger partial charge in [-0.05, 0) is 35.2 Å². The van der Waals surface area contributed by atoms with Crippen LogP contribution in [-0.4, -0.2) is 23.3 Å². The molecule has 1 N–H and O–H groups in total. The zero-order chi connectivity index (χ0) is 20.1. The minimum absolute atomic E-state index is 0.00139. The van der Waals surface area contributed by atoms with Gasteiger partial charge in [0, 0.05) is 19.4 Å². The summed E-state index contributed by atoms with van der Waals surface area (Å²) in [4.78, 5) is 27.1. The Hall–Kier alpha value is -3.34. The monoisotopic (exact) mass is 388 g/mol. The summed E-state index contributed by atoms with van der Waals surface area (Å²) in [5, 5.41) is 2.80. The fraction of sp³-hybridized carbons (Fsp3) is 0.250. The Bertz CT molecular complexity index is 967. The van der Waals surface area contributed by atoms with Crippen LogP contribution in [0.15, 0.2) is 77.4 Å². The fourth-order valence-electron chi connectivity index (χ4n) is 3.88. The van der Waals surface area contributed by atoms with Crippen molar-refractivity contribution in [1.82, 2.24) is 10.2 Å². The van der Waals surface area contributed by atoms with Crippen molar-refractivity contribution < 1.29 is 14.0 Å². The van der Waals surface area contributed by atoms with Crippen LogP contribution in [0.25, 0.3) is 0 Å². The molecule has 0 aliphatic carbocycles. The van der Waals surface area contributed by atoms with Gasteiger partial charge in [0.25, 0.3) is 0 Å². The van der Waals surface area contributed by atoms with Crippen LogP contribution >= 0.6 is 0 Å². The lowest BCUT2D eigenvalue weighted by Crippen LogP contribution is -2.41. The summed E-state index contributed by atoms with van der Waals surface area (Å²) in [7, 11) is 0. The molecule has 5 nitrogen and oxygen atoms in total. The third-order valence-corrected chi connectivity index (χ3v) is 5.32. The number of benzene rings is 2. The number of amides is 2. The predicted octanol–water partition coefficient (Wildman–Crippen LogP) is 3.85. The van der Waals surface area contributed by atoms with Gasteiger partial charge >= 0.3 is 0 Å². The lowest BCUT2D eigenvalue weighted by molar-refractivity contribution is -0.135. The molecule has 29 heavy (non-hydrogen) atoms. The van der Waals surface area contributed by atoms with Gasteiger partial charge in [0.15, 0.2) is 0 Å². The normalized spacial score (nSPS) is 15.6. The van der Waals surface area contributed by atoms with Crippen LogP contribution in [0.4, 0.5) is 0 Å². The van der Waals surface area contributed by atoms with Gasteiger partial charge in [-0.2, -0.15) is 0 Å². The minimum atomic E-state index is -0.150. The number of fused-ring (bicyclic) bond motifs is 1. The fourth-order valence-corrected chi connectivity index (χ4v) is 3.88. The number of hydrogen-bond acceptors (Lipinski definition) is 3. The van der Waals surface area contributed by atoms with Crippen molar-refractivity contribution in [2.24, 2.45) is 0 Å². The molecular weight excluding hydrogens is 364 g/mol. The molecule has 0 saturated heterocycles. The molecule has 0 spiro atoms. The number of nitrogens with one attached hydrogen (secondary N) is 1. The summed E-state index contributed by atoms with van der Waals surface area (Å²) >= 11 is 0. The van der Waals surface area contributed by atoms with Crippen LogP contribution in [0, 0.1) is 0 Å². The Labute approximate surface area is 170 Å². The quantitative estimate of drug-likeness (QED) is 0.698.